The molecule has 0 aliphatic carbocycles. The number of aromatic amines is 1. The van der Waals surface area contributed by atoms with E-state index in [0.717, 1.165) is 30.8 Å². The molecule has 0 bridgehead atoms. The second kappa shape index (κ2) is 7.38. The Morgan fingerprint density at radius 2 is 2.33 bits per heavy atom. The van der Waals surface area contributed by atoms with Crippen LogP contribution in [0.5, 0.6) is 0 Å². The SMILES string of the molecule is CCCCc1nc(Cl)c(CNC(C)C(=O)OC)[nH]1. The van der Waals surface area contributed by atoms with Gasteiger partial charge in [-0.2, -0.15) is 0 Å². The summed E-state index contributed by atoms with van der Waals surface area (Å²) >= 11 is 6.02. The third-order valence-corrected chi connectivity index (χ3v) is 3.00. The van der Waals surface area contributed by atoms with E-state index in [1.807, 2.05) is 0 Å². The maximum atomic E-state index is 11.2. The maximum absolute atomic E-state index is 11.2. The molecule has 5 nitrogen and oxygen atoms in total. The smallest absolute Gasteiger partial charge is 0.322 e. The van der Waals surface area contributed by atoms with Crippen molar-refractivity contribution in [3.05, 3.63) is 16.7 Å². The molecule has 2 N–H and O–H groups in total. The lowest BCUT2D eigenvalue weighted by atomic mass is 10.2. The molecule has 102 valence electrons. The summed E-state index contributed by atoms with van der Waals surface area (Å²) in [6, 6.07) is -0.367. The lowest BCUT2D eigenvalue weighted by molar-refractivity contribution is -0.142. The zero-order valence-electron chi connectivity index (χ0n) is 11.0. The molecule has 0 amide bonds. The van der Waals surface area contributed by atoms with Crippen LogP contribution < -0.4 is 5.32 Å². The Morgan fingerprint density at radius 1 is 1.61 bits per heavy atom. The molecule has 0 saturated carbocycles. The first kappa shape index (κ1) is 15.0. The van der Waals surface area contributed by atoms with E-state index in [1.165, 1.54) is 7.11 Å². The van der Waals surface area contributed by atoms with Crippen LogP contribution in [0.2, 0.25) is 5.15 Å². The van der Waals surface area contributed by atoms with E-state index in [9.17, 15) is 4.79 Å². The number of hydrogen-bond donors (Lipinski definition) is 2. The number of methoxy groups -OCH3 is 1. The minimum Gasteiger partial charge on any atom is -0.468 e. The minimum atomic E-state index is -0.367. The summed E-state index contributed by atoms with van der Waals surface area (Å²) in [5, 5.41) is 3.49. The van der Waals surface area contributed by atoms with Gasteiger partial charge in [-0.05, 0) is 13.3 Å². The van der Waals surface area contributed by atoms with Crippen molar-refractivity contribution in [2.75, 3.05) is 7.11 Å². The van der Waals surface area contributed by atoms with Gasteiger partial charge < -0.3 is 9.72 Å². The molecule has 0 saturated heterocycles. The number of halogens is 1. The largest absolute Gasteiger partial charge is 0.468 e. The number of carbonyl (C=O) groups excluding carboxylic acids is 1. The average molecular weight is 274 g/mol. The van der Waals surface area contributed by atoms with Crippen molar-refractivity contribution in [1.82, 2.24) is 15.3 Å². The van der Waals surface area contributed by atoms with Crippen LogP contribution >= 0.6 is 11.6 Å². The number of unbranched alkanes of at least 4 members (excludes halogenated alkanes) is 1. The monoisotopic (exact) mass is 273 g/mol. The van der Waals surface area contributed by atoms with E-state index in [-0.39, 0.29) is 12.0 Å². The van der Waals surface area contributed by atoms with E-state index in [2.05, 4.69) is 26.9 Å². The van der Waals surface area contributed by atoms with Crippen LogP contribution in [-0.4, -0.2) is 29.1 Å². The number of nitrogens with one attached hydrogen (secondary N) is 2. The van der Waals surface area contributed by atoms with Gasteiger partial charge in [-0.25, -0.2) is 4.98 Å². The first-order valence-electron chi connectivity index (χ1n) is 6.13. The van der Waals surface area contributed by atoms with Crippen molar-refractivity contribution in [3.8, 4) is 0 Å². The molecule has 1 aromatic rings. The van der Waals surface area contributed by atoms with Crippen LogP contribution in [0.3, 0.4) is 0 Å². The highest BCUT2D eigenvalue weighted by atomic mass is 35.5. The fourth-order valence-corrected chi connectivity index (χ4v) is 1.75. The number of imidazole rings is 1. The predicted molar refractivity (Wildman–Crippen MR) is 70.5 cm³/mol. The van der Waals surface area contributed by atoms with Gasteiger partial charge >= 0.3 is 5.97 Å². The van der Waals surface area contributed by atoms with Crippen LogP contribution in [0.1, 0.15) is 38.2 Å². The first-order valence-corrected chi connectivity index (χ1v) is 6.50. The predicted octanol–water partition coefficient (Wildman–Crippen LogP) is 2.06. The summed E-state index contributed by atoms with van der Waals surface area (Å²) in [5.41, 5.74) is 0.804. The van der Waals surface area contributed by atoms with Crippen molar-refractivity contribution in [3.63, 3.8) is 0 Å². The van der Waals surface area contributed by atoms with E-state index < -0.39 is 0 Å². The number of aryl methyl sites for hydroxylation is 1. The molecule has 0 aromatic carbocycles. The van der Waals surface area contributed by atoms with Gasteiger partial charge in [-0.1, -0.05) is 24.9 Å². The number of hydrogen-bond acceptors (Lipinski definition) is 4. The number of nitrogens with zero attached hydrogens (tertiary/aromatic N) is 1. The number of rotatable bonds is 7. The zero-order chi connectivity index (χ0) is 13.5. The van der Waals surface area contributed by atoms with Gasteiger partial charge in [0.05, 0.1) is 12.8 Å². The Morgan fingerprint density at radius 3 is 2.94 bits per heavy atom. The van der Waals surface area contributed by atoms with E-state index in [0.29, 0.717) is 11.7 Å². The maximum Gasteiger partial charge on any atom is 0.322 e. The molecule has 1 atom stereocenters. The van der Waals surface area contributed by atoms with Crippen molar-refractivity contribution in [1.29, 1.82) is 0 Å². The Kier molecular flexibility index (Phi) is 6.15. The Balaban J connectivity index is 2.51. The average Bonchev–Trinajstić information content (AvgIpc) is 2.73. The highest BCUT2D eigenvalue weighted by Crippen LogP contribution is 2.14. The van der Waals surface area contributed by atoms with E-state index >= 15 is 0 Å². The topological polar surface area (TPSA) is 67.0 Å². The third kappa shape index (κ3) is 4.31. The Labute approximate surface area is 112 Å². The molecule has 6 heteroatoms. The molecule has 1 rings (SSSR count). The van der Waals surface area contributed by atoms with Crippen molar-refractivity contribution >= 4 is 17.6 Å². The fourth-order valence-electron chi connectivity index (χ4n) is 1.53. The summed E-state index contributed by atoms with van der Waals surface area (Å²) in [4.78, 5) is 18.6. The first-order chi connectivity index (χ1) is 8.58. The fraction of sp³-hybridized carbons (Fsp3) is 0.667. The molecular weight excluding hydrogens is 254 g/mol. The van der Waals surface area contributed by atoms with Crippen molar-refractivity contribution in [2.45, 2.75) is 45.7 Å². The van der Waals surface area contributed by atoms with Crippen LogP contribution in [0.4, 0.5) is 0 Å². The van der Waals surface area contributed by atoms with E-state index in [4.69, 9.17) is 11.6 Å². The molecule has 0 fully saturated rings. The molecule has 1 unspecified atom stereocenters. The zero-order valence-corrected chi connectivity index (χ0v) is 11.8. The van der Waals surface area contributed by atoms with Crippen LogP contribution in [-0.2, 0) is 22.5 Å². The number of H-pyrrole nitrogens is 1. The quantitative estimate of drug-likeness (QED) is 0.746. The summed E-state index contributed by atoms with van der Waals surface area (Å²) in [7, 11) is 1.37. The van der Waals surface area contributed by atoms with Gasteiger partial charge in [-0.15, -0.1) is 0 Å². The van der Waals surface area contributed by atoms with Gasteiger partial charge in [0.15, 0.2) is 5.15 Å². The van der Waals surface area contributed by atoms with Crippen molar-refractivity contribution < 1.29 is 9.53 Å². The number of esters is 1. The van der Waals surface area contributed by atoms with Crippen LogP contribution in [0.25, 0.3) is 0 Å². The summed E-state index contributed by atoms with van der Waals surface area (Å²) < 4.78 is 4.63. The van der Waals surface area contributed by atoms with Crippen molar-refractivity contribution in [2.24, 2.45) is 0 Å². The lowest BCUT2D eigenvalue weighted by Crippen LogP contribution is -2.34. The standard InChI is InChI=1S/C12H20ClN3O2/c1-4-5-6-10-15-9(11(13)16-10)7-14-8(2)12(17)18-3/h8,14H,4-7H2,1-3H3,(H,15,16). The molecule has 0 aliphatic heterocycles. The number of ether oxygens (including phenoxy) is 1. The van der Waals surface area contributed by atoms with Gasteiger partial charge in [0, 0.05) is 13.0 Å². The second-order valence-electron chi connectivity index (χ2n) is 4.18. The molecule has 0 spiro atoms. The van der Waals surface area contributed by atoms with Gasteiger partial charge in [0.2, 0.25) is 0 Å². The highest BCUT2D eigenvalue weighted by molar-refractivity contribution is 6.30. The van der Waals surface area contributed by atoms with E-state index in [1.54, 1.807) is 6.92 Å². The summed E-state index contributed by atoms with van der Waals surface area (Å²) in [6.45, 7) is 4.34. The normalized spacial score (nSPS) is 12.4. The molecule has 0 radical (unpaired) electrons. The van der Waals surface area contributed by atoms with Gasteiger partial charge in [0.1, 0.15) is 11.9 Å². The Bertz CT molecular complexity index is 393. The third-order valence-electron chi connectivity index (χ3n) is 2.68. The highest BCUT2D eigenvalue weighted by Gasteiger charge is 2.14. The molecule has 1 heterocycles. The molecule has 0 aliphatic rings. The molecule has 1 aromatic heterocycles. The number of aromatic nitrogens is 2. The van der Waals surface area contributed by atoms with Gasteiger partial charge in [-0.3, -0.25) is 10.1 Å². The van der Waals surface area contributed by atoms with Crippen LogP contribution in [0.15, 0.2) is 0 Å². The minimum absolute atomic E-state index is 0.295. The van der Waals surface area contributed by atoms with Crippen LogP contribution in [0, 0.1) is 0 Å². The Hall–Kier alpha value is -1.07. The summed E-state index contributed by atoms with van der Waals surface area (Å²) in [5.74, 6) is 0.598. The second-order valence-corrected chi connectivity index (χ2v) is 4.54. The van der Waals surface area contributed by atoms with Gasteiger partial charge in [0.25, 0.3) is 0 Å². The number of carbonyl (C=O) groups is 1. The molecular formula is C12H20ClN3O2. The summed E-state index contributed by atoms with van der Waals surface area (Å²) in [6.07, 6.45) is 3.09. The molecule has 18 heavy (non-hydrogen) atoms. The lowest BCUT2D eigenvalue weighted by Gasteiger charge is -2.10.